The first-order valence-corrected chi connectivity index (χ1v) is 10.7. The molecule has 0 saturated heterocycles. The van der Waals surface area contributed by atoms with E-state index in [0.717, 1.165) is 21.0 Å². The first kappa shape index (κ1) is 21.1. The normalized spacial score (nSPS) is 11.5. The number of aliphatic hydroxyl groups is 1. The molecule has 2 heterocycles. The summed E-state index contributed by atoms with van der Waals surface area (Å²) in [6, 6.07) is 20.4. The molecular formula is C23H20ClN3O3S. The predicted molar refractivity (Wildman–Crippen MR) is 124 cm³/mol. The van der Waals surface area contributed by atoms with Gasteiger partial charge in [-0.25, -0.2) is 9.48 Å². The van der Waals surface area contributed by atoms with Gasteiger partial charge in [-0.2, -0.15) is 5.10 Å². The van der Waals surface area contributed by atoms with Crippen molar-refractivity contribution in [1.82, 2.24) is 9.78 Å². The SMILES string of the molecule is CC(C)(O)c1cc(-c2ccc(-c3ccccc3NC(=O)O)s2)n(-c2ccccc2Cl)n1. The number of rotatable bonds is 5. The lowest BCUT2D eigenvalue weighted by Crippen LogP contribution is -2.16. The molecule has 31 heavy (non-hydrogen) atoms. The third kappa shape index (κ3) is 4.34. The van der Waals surface area contributed by atoms with Gasteiger partial charge >= 0.3 is 6.09 Å². The maximum absolute atomic E-state index is 11.2. The summed E-state index contributed by atoms with van der Waals surface area (Å²) in [4.78, 5) is 13.0. The second-order valence-electron chi connectivity index (χ2n) is 7.48. The highest BCUT2D eigenvalue weighted by molar-refractivity contribution is 7.18. The lowest BCUT2D eigenvalue weighted by molar-refractivity contribution is 0.0734. The topological polar surface area (TPSA) is 87.4 Å². The maximum atomic E-state index is 11.2. The summed E-state index contributed by atoms with van der Waals surface area (Å²) in [5, 5.41) is 27.3. The van der Waals surface area contributed by atoms with Crippen molar-refractivity contribution in [3.8, 4) is 26.7 Å². The summed E-state index contributed by atoms with van der Waals surface area (Å²) >= 11 is 7.93. The number of halogens is 1. The molecule has 3 N–H and O–H groups in total. The Morgan fingerprint density at radius 1 is 1.06 bits per heavy atom. The lowest BCUT2D eigenvalue weighted by Gasteiger charge is -2.13. The molecule has 0 saturated carbocycles. The minimum absolute atomic E-state index is 0.514. The van der Waals surface area contributed by atoms with E-state index in [2.05, 4.69) is 10.4 Å². The zero-order valence-corrected chi connectivity index (χ0v) is 18.4. The Hall–Kier alpha value is -3.13. The minimum atomic E-state index is -1.13. The van der Waals surface area contributed by atoms with Crippen LogP contribution in [0.25, 0.3) is 26.7 Å². The molecule has 0 aliphatic carbocycles. The third-order valence-corrected chi connectivity index (χ3v) is 6.17. The molecule has 0 fully saturated rings. The molecule has 0 atom stereocenters. The van der Waals surface area contributed by atoms with Crippen LogP contribution in [-0.4, -0.2) is 26.1 Å². The van der Waals surface area contributed by atoms with Crippen molar-refractivity contribution in [1.29, 1.82) is 0 Å². The molecule has 0 aliphatic heterocycles. The van der Waals surface area contributed by atoms with Gasteiger partial charge < -0.3 is 10.2 Å². The Labute approximate surface area is 188 Å². The van der Waals surface area contributed by atoms with E-state index in [4.69, 9.17) is 16.7 Å². The highest BCUT2D eigenvalue weighted by atomic mass is 35.5. The van der Waals surface area contributed by atoms with Crippen LogP contribution in [-0.2, 0) is 5.60 Å². The molecule has 2 aromatic heterocycles. The molecule has 1 amide bonds. The van der Waals surface area contributed by atoms with E-state index in [1.165, 1.54) is 11.3 Å². The fourth-order valence-corrected chi connectivity index (χ4v) is 4.47. The van der Waals surface area contributed by atoms with Crippen LogP contribution in [0.4, 0.5) is 10.5 Å². The van der Waals surface area contributed by atoms with Crippen molar-refractivity contribution >= 4 is 34.7 Å². The van der Waals surface area contributed by atoms with Gasteiger partial charge in [0.2, 0.25) is 0 Å². The number of anilines is 1. The van der Waals surface area contributed by atoms with Crippen LogP contribution in [0.15, 0.2) is 66.7 Å². The second kappa shape index (κ2) is 8.19. The Kier molecular flexibility index (Phi) is 5.58. The Balaban J connectivity index is 1.84. The molecule has 6 nitrogen and oxygen atoms in total. The zero-order chi connectivity index (χ0) is 22.2. The number of benzene rings is 2. The molecule has 4 aromatic rings. The molecule has 0 radical (unpaired) electrons. The Morgan fingerprint density at radius 3 is 2.45 bits per heavy atom. The number of hydrogen-bond donors (Lipinski definition) is 3. The van der Waals surface area contributed by atoms with Crippen LogP contribution < -0.4 is 5.32 Å². The summed E-state index contributed by atoms with van der Waals surface area (Å²) in [5.41, 5.74) is 2.18. The summed E-state index contributed by atoms with van der Waals surface area (Å²) < 4.78 is 1.73. The van der Waals surface area contributed by atoms with Gasteiger partial charge in [-0.05, 0) is 50.2 Å². The van der Waals surface area contributed by atoms with Gasteiger partial charge in [0, 0.05) is 10.4 Å². The van der Waals surface area contributed by atoms with Crippen LogP contribution >= 0.6 is 22.9 Å². The van der Waals surface area contributed by atoms with Crippen LogP contribution in [0.1, 0.15) is 19.5 Å². The number of nitrogens with one attached hydrogen (secondary N) is 1. The van der Waals surface area contributed by atoms with E-state index >= 15 is 0 Å². The number of hydrogen-bond acceptors (Lipinski definition) is 4. The van der Waals surface area contributed by atoms with Crippen molar-refractivity contribution in [3.63, 3.8) is 0 Å². The third-order valence-electron chi connectivity index (χ3n) is 4.71. The predicted octanol–water partition coefficient (Wildman–Crippen LogP) is 6.24. The molecule has 158 valence electrons. The molecular weight excluding hydrogens is 434 g/mol. The maximum Gasteiger partial charge on any atom is 0.409 e. The van der Waals surface area contributed by atoms with E-state index in [0.29, 0.717) is 22.1 Å². The number of thiophene rings is 1. The van der Waals surface area contributed by atoms with Crippen molar-refractivity contribution in [2.24, 2.45) is 0 Å². The highest BCUT2D eigenvalue weighted by Crippen LogP contribution is 2.40. The number of amides is 1. The average molecular weight is 454 g/mol. The number of aromatic nitrogens is 2. The summed E-state index contributed by atoms with van der Waals surface area (Å²) in [6.45, 7) is 3.37. The van der Waals surface area contributed by atoms with Gasteiger partial charge in [0.15, 0.2) is 0 Å². The van der Waals surface area contributed by atoms with Gasteiger partial charge in [0.1, 0.15) is 5.60 Å². The number of para-hydroxylation sites is 2. The average Bonchev–Trinajstić information content (AvgIpc) is 3.35. The van der Waals surface area contributed by atoms with E-state index < -0.39 is 11.7 Å². The van der Waals surface area contributed by atoms with E-state index in [1.54, 1.807) is 36.7 Å². The lowest BCUT2D eigenvalue weighted by atomic mass is 10.1. The fourth-order valence-electron chi connectivity index (χ4n) is 3.21. The van der Waals surface area contributed by atoms with Gasteiger partial charge in [-0.1, -0.05) is 41.9 Å². The zero-order valence-electron chi connectivity index (χ0n) is 16.8. The van der Waals surface area contributed by atoms with Crippen molar-refractivity contribution < 1.29 is 15.0 Å². The molecule has 0 unspecified atom stereocenters. The molecule has 0 aliphatic rings. The standard InChI is InChI=1S/C23H20ClN3O3S/c1-23(2,30)21-13-18(27(26-21)17-10-6-4-8-15(17)24)20-12-11-19(31-20)14-7-3-5-9-16(14)25-22(28)29/h3-13,25,30H,1-2H3,(H,28,29). The van der Waals surface area contributed by atoms with Gasteiger partial charge in [0.25, 0.3) is 0 Å². The molecule has 0 spiro atoms. The van der Waals surface area contributed by atoms with Crippen LogP contribution in [0.2, 0.25) is 5.02 Å². The van der Waals surface area contributed by atoms with Crippen molar-refractivity contribution in [2.75, 3.05) is 5.32 Å². The van der Waals surface area contributed by atoms with Gasteiger partial charge in [-0.3, -0.25) is 5.32 Å². The molecule has 4 rings (SSSR count). The van der Waals surface area contributed by atoms with Crippen LogP contribution in [0, 0.1) is 0 Å². The summed E-state index contributed by atoms with van der Waals surface area (Å²) in [7, 11) is 0. The Morgan fingerprint density at radius 2 is 1.74 bits per heavy atom. The minimum Gasteiger partial charge on any atom is -0.465 e. The van der Waals surface area contributed by atoms with E-state index in [-0.39, 0.29) is 0 Å². The van der Waals surface area contributed by atoms with Crippen LogP contribution in [0.3, 0.4) is 0 Å². The highest BCUT2D eigenvalue weighted by Gasteiger charge is 2.24. The van der Waals surface area contributed by atoms with Crippen LogP contribution in [0.5, 0.6) is 0 Å². The number of carbonyl (C=O) groups is 1. The van der Waals surface area contributed by atoms with Gasteiger partial charge in [0.05, 0.1) is 32.7 Å². The Bertz CT molecular complexity index is 1260. The first-order valence-electron chi connectivity index (χ1n) is 9.51. The van der Waals surface area contributed by atoms with Gasteiger partial charge in [-0.15, -0.1) is 11.3 Å². The second-order valence-corrected chi connectivity index (χ2v) is 8.97. The number of carboxylic acid groups (broad SMARTS) is 1. The largest absolute Gasteiger partial charge is 0.465 e. The number of nitrogens with zero attached hydrogens (tertiary/aromatic N) is 2. The van der Waals surface area contributed by atoms with E-state index in [1.807, 2.05) is 48.5 Å². The molecule has 0 bridgehead atoms. The smallest absolute Gasteiger partial charge is 0.409 e. The quantitative estimate of drug-likeness (QED) is 0.334. The molecule has 8 heteroatoms. The summed E-state index contributed by atoms with van der Waals surface area (Å²) in [5.74, 6) is 0. The van der Waals surface area contributed by atoms with Crippen molar-refractivity contribution in [2.45, 2.75) is 19.4 Å². The van der Waals surface area contributed by atoms with Crippen molar-refractivity contribution in [3.05, 3.63) is 77.4 Å². The first-order chi connectivity index (χ1) is 14.7. The fraction of sp³-hybridized carbons (Fsp3) is 0.130. The van der Waals surface area contributed by atoms with E-state index in [9.17, 15) is 9.90 Å². The molecule has 2 aromatic carbocycles. The summed E-state index contributed by atoms with van der Waals surface area (Å²) in [6.07, 6.45) is -1.11. The monoisotopic (exact) mass is 453 g/mol.